The van der Waals surface area contributed by atoms with Crippen molar-refractivity contribution in [3.05, 3.63) is 35.9 Å². The number of ether oxygens (including phenoxy) is 2. The number of hydrogen-bond donors (Lipinski definition) is 1. The number of fused-ring (bicyclic) bond motifs is 1. The summed E-state index contributed by atoms with van der Waals surface area (Å²) in [7, 11) is 0. The van der Waals surface area contributed by atoms with Gasteiger partial charge in [-0.15, -0.1) is 0 Å². The summed E-state index contributed by atoms with van der Waals surface area (Å²) >= 11 is 5.07. The second-order valence-corrected chi connectivity index (χ2v) is 8.95. The van der Waals surface area contributed by atoms with Gasteiger partial charge in [-0.1, -0.05) is 42.5 Å². The van der Waals surface area contributed by atoms with Crippen molar-refractivity contribution in [2.24, 2.45) is 11.1 Å². The van der Waals surface area contributed by atoms with E-state index in [1.165, 1.54) is 4.90 Å². The molecule has 27 heavy (non-hydrogen) atoms. The highest BCUT2D eigenvalue weighted by Crippen LogP contribution is 2.62. The molecule has 1 aliphatic heterocycles. The summed E-state index contributed by atoms with van der Waals surface area (Å²) in [5, 5.41) is 0. The largest absolute Gasteiger partial charge is 0.459 e. The van der Waals surface area contributed by atoms with E-state index in [1.807, 2.05) is 30.3 Å². The van der Waals surface area contributed by atoms with Crippen molar-refractivity contribution < 1.29 is 19.1 Å². The van der Waals surface area contributed by atoms with Gasteiger partial charge in [0.2, 0.25) is 0 Å². The van der Waals surface area contributed by atoms with Gasteiger partial charge in [-0.3, -0.25) is 4.90 Å². The van der Waals surface area contributed by atoms with Gasteiger partial charge < -0.3 is 15.2 Å². The Hall–Kier alpha value is -2.15. The Morgan fingerprint density at radius 3 is 2.52 bits per heavy atom. The van der Waals surface area contributed by atoms with Gasteiger partial charge in [0.1, 0.15) is 18.2 Å². The summed E-state index contributed by atoms with van der Waals surface area (Å²) in [6, 6.07) is 8.70. The number of nitrogens with two attached hydrogens (primary N) is 1. The molecule has 0 unspecified atom stereocenters. The SMILES string of the molecule is CC(C)(C)OC(=O)N1[C@H]2C[C@@]2(CC(N)=S)C[C@H]1C(=O)OCc1ccccc1. The first-order chi connectivity index (χ1) is 12.6. The first-order valence-corrected chi connectivity index (χ1v) is 9.52. The van der Waals surface area contributed by atoms with Gasteiger partial charge in [-0.2, -0.15) is 0 Å². The van der Waals surface area contributed by atoms with Crippen molar-refractivity contribution >= 4 is 29.3 Å². The number of hydrogen-bond acceptors (Lipinski definition) is 5. The van der Waals surface area contributed by atoms with Crippen LogP contribution in [0.5, 0.6) is 0 Å². The molecule has 1 heterocycles. The van der Waals surface area contributed by atoms with Crippen molar-refractivity contribution in [3.63, 3.8) is 0 Å². The average Bonchev–Trinajstić information content (AvgIpc) is 3.14. The van der Waals surface area contributed by atoms with Crippen LogP contribution in [-0.4, -0.2) is 39.6 Å². The number of benzene rings is 1. The van der Waals surface area contributed by atoms with Crippen LogP contribution in [0.1, 0.15) is 45.6 Å². The molecule has 1 saturated heterocycles. The van der Waals surface area contributed by atoms with Crippen molar-refractivity contribution in [2.45, 2.75) is 64.3 Å². The van der Waals surface area contributed by atoms with Crippen LogP contribution in [-0.2, 0) is 20.9 Å². The van der Waals surface area contributed by atoms with Crippen LogP contribution in [0.4, 0.5) is 4.79 Å². The maximum Gasteiger partial charge on any atom is 0.411 e. The maximum absolute atomic E-state index is 12.8. The molecule has 1 aromatic carbocycles. The van der Waals surface area contributed by atoms with E-state index < -0.39 is 23.7 Å². The third-order valence-corrected chi connectivity index (χ3v) is 5.19. The van der Waals surface area contributed by atoms with E-state index in [-0.39, 0.29) is 18.1 Å². The van der Waals surface area contributed by atoms with Crippen LogP contribution in [0.3, 0.4) is 0 Å². The maximum atomic E-state index is 12.8. The summed E-state index contributed by atoms with van der Waals surface area (Å²) in [5.74, 6) is -0.417. The van der Waals surface area contributed by atoms with E-state index in [0.29, 0.717) is 17.8 Å². The number of likely N-dealkylation sites (tertiary alicyclic amines) is 1. The van der Waals surface area contributed by atoms with Crippen LogP contribution >= 0.6 is 12.2 Å². The normalized spacial score (nSPS) is 26.3. The fourth-order valence-corrected chi connectivity index (χ4v) is 4.13. The molecule has 2 aliphatic rings. The lowest BCUT2D eigenvalue weighted by atomic mass is 9.96. The first kappa shape index (κ1) is 19.6. The molecule has 0 spiro atoms. The number of carbonyl (C=O) groups excluding carboxylic acids is 2. The second kappa shape index (κ2) is 7.11. The number of thiocarbonyl (C=S) groups is 1. The molecule has 7 heteroatoms. The quantitative estimate of drug-likeness (QED) is 0.614. The van der Waals surface area contributed by atoms with Gasteiger partial charge in [0.25, 0.3) is 0 Å². The Labute approximate surface area is 165 Å². The fraction of sp³-hybridized carbons (Fsp3) is 0.550. The lowest BCUT2D eigenvalue weighted by Crippen LogP contribution is -2.46. The standard InChI is InChI=1S/C20H26N2O4S/c1-19(2,3)26-18(24)22-14(9-20(10-15(20)22)11-16(21)27)17(23)25-12-13-7-5-4-6-8-13/h4-8,14-15H,9-12H2,1-3H3,(H2,21,27)/t14-,15-,20+/m0/s1. The Balaban J connectivity index is 1.73. The number of nitrogens with zero attached hydrogens (tertiary/aromatic N) is 1. The lowest BCUT2D eigenvalue weighted by Gasteiger charge is -2.29. The predicted octanol–water partition coefficient (Wildman–Crippen LogP) is 3.17. The third kappa shape index (κ3) is 4.40. The number of carbonyl (C=O) groups is 2. The lowest BCUT2D eigenvalue weighted by molar-refractivity contribution is -0.150. The van der Waals surface area contributed by atoms with Crippen molar-refractivity contribution in [1.29, 1.82) is 0 Å². The number of amides is 1. The molecule has 3 atom stereocenters. The zero-order valence-corrected chi connectivity index (χ0v) is 16.8. The zero-order valence-electron chi connectivity index (χ0n) is 15.9. The van der Waals surface area contributed by atoms with E-state index in [4.69, 9.17) is 27.4 Å². The molecule has 1 aliphatic carbocycles. The van der Waals surface area contributed by atoms with E-state index in [0.717, 1.165) is 12.0 Å². The van der Waals surface area contributed by atoms with Crippen LogP contribution in [0.15, 0.2) is 30.3 Å². The molecule has 2 N–H and O–H groups in total. The molecule has 3 rings (SSSR count). The molecule has 6 nitrogen and oxygen atoms in total. The average molecular weight is 391 g/mol. The molecule has 0 bridgehead atoms. The van der Waals surface area contributed by atoms with E-state index in [2.05, 4.69) is 0 Å². The molecule has 2 fully saturated rings. The topological polar surface area (TPSA) is 81.9 Å². The minimum atomic E-state index is -0.670. The summed E-state index contributed by atoms with van der Waals surface area (Å²) in [5.41, 5.74) is 5.78. The third-order valence-electron chi connectivity index (χ3n) is 5.04. The summed E-state index contributed by atoms with van der Waals surface area (Å²) in [6.45, 7) is 5.59. The molecular weight excluding hydrogens is 364 g/mol. The van der Waals surface area contributed by atoms with Crippen molar-refractivity contribution in [1.82, 2.24) is 4.90 Å². The van der Waals surface area contributed by atoms with Gasteiger partial charge in [0.05, 0.1) is 4.99 Å². The smallest absolute Gasteiger partial charge is 0.411 e. The summed E-state index contributed by atoms with van der Waals surface area (Å²) in [6.07, 6.45) is 1.32. The number of piperidine rings is 1. The predicted molar refractivity (Wildman–Crippen MR) is 105 cm³/mol. The second-order valence-electron chi connectivity index (χ2n) is 8.43. The molecule has 0 radical (unpaired) electrons. The highest BCUT2D eigenvalue weighted by Gasteiger charge is 2.68. The first-order valence-electron chi connectivity index (χ1n) is 9.11. The highest BCUT2D eigenvalue weighted by atomic mass is 32.1. The molecular formula is C20H26N2O4S. The monoisotopic (exact) mass is 390 g/mol. The minimum absolute atomic E-state index is 0.0804. The molecule has 1 aromatic rings. The minimum Gasteiger partial charge on any atom is -0.459 e. The number of rotatable bonds is 5. The van der Waals surface area contributed by atoms with Gasteiger partial charge in [0, 0.05) is 17.9 Å². The molecule has 0 aromatic heterocycles. The summed E-state index contributed by atoms with van der Waals surface area (Å²) < 4.78 is 11.0. The van der Waals surface area contributed by atoms with Crippen LogP contribution in [0.2, 0.25) is 0 Å². The van der Waals surface area contributed by atoms with Gasteiger partial charge in [-0.05, 0) is 39.2 Å². The Morgan fingerprint density at radius 2 is 1.93 bits per heavy atom. The molecule has 146 valence electrons. The highest BCUT2D eigenvalue weighted by molar-refractivity contribution is 7.80. The van der Waals surface area contributed by atoms with Gasteiger partial charge in [0.15, 0.2) is 0 Å². The van der Waals surface area contributed by atoms with E-state index in [1.54, 1.807) is 20.8 Å². The van der Waals surface area contributed by atoms with E-state index >= 15 is 0 Å². The van der Waals surface area contributed by atoms with Gasteiger partial charge in [-0.25, -0.2) is 9.59 Å². The zero-order chi connectivity index (χ0) is 19.8. The van der Waals surface area contributed by atoms with E-state index in [9.17, 15) is 9.59 Å². The van der Waals surface area contributed by atoms with Crippen LogP contribution in [0, 0.1) is 5.41 Å². The number of esters is 1. The fourth-order valence-electron chi connectivity index (χ4n) is 3.84. The Morgan fingerprint density at radius 1 is 1.26 bits per heavy atom. The molecule has 1 amide bonds. The summed E-state index contributed by atoms with van der Waals surface area (Å²) in [4.78, 5) is 27.4. The van der Waals surface area contributed by atoms with Crippen LogP contribution in [0.25, 0.3) is 0 Å². The van der Waals surface area contributed by atoms with Crippen LogP contribution < -0.4 is 5.73 Å². The van der Waals surface area contributed by atoms with Crippen molar-refractivity contribution in [3.8, 4) is 0 Å². The van der Waals surface area contributed by atoms with Gasteiger partial charge >= 0.3 is 12.1 Å². The Bertz CT molecular complexity index is 746. The Kier molecular flexibility index (Phi) is 5.16. The van der Waals surface area contributed by atoms with Crippen molar-refractivity contribution in [2.75, 3.05) is 0 Å². The molecule has 1 saturated carbocycles.